The maximum Gasteiger partial charge on any atom is 0.237 e. The van der Waals surface area contributed by atoms with Gasteiger partial charge < -0.3 is 14.2 Å². The zero-order valence-electron chi connectivity index (χ0n) is 22.4. The van der Waals surface area contributed by atoms with Crippen LogP contribution < -0.4 is 4.74 Å². The van der Waals surface area contributed by atoms with Crippen LogP contribution in [0.3, 0.4) is 0 Å². The first-order valence-electron chi connectivity index (χ1n) is 12.9. The van der Waals surface area contributed by atoms with Crippen LogP contribution in [0.25, 0.3) is 11.5 Å². The van der Waals surface area contributed by atoms with Gasteiger partial charge in [-0.25, -0.2) is 9.98 Å². The average Bonchev–Trinajstić information content (AvgIpc) is 3.61. The van der Waals surface area contributed by atoms with E-state index in [4.69, 9.17) is 19.2 Å². The highest BCUT2D eigenvalue weighted by atomic mass is 79.9. The largest absolute Gasteiger partial charge is 0.473 e. The first-order valence-corrected chi connectivity index (χ1v) is 14.5. The van der Waals surface area contributed by atoms with Gasteiger partial charge in [0.2, 0.25) is 17.6 Å². The summed E-state index contributed by atoms with van der Waals surface area (Å²) >= 11 is 5.16. The lowest BCUT2D eigenvalue weighted by Gasteiger charge is -2.30. The van der Waals surface area contributed by atoms with E-state index in [1.165, 1.54) is 6.42 Å². The minimum absolute atomic E-state index is 0.00453. The molecule has 3 aromatic heterocycles. The van der Waals surface area contributed by atoms with E-state index >= 15 is 0 Å². The minimum atomic E-state index is -0.584. The predicted molar refractivity (Wildman–Crippen MR) is 151 cm³/mol. The van der Waals surface area contributed by atoms with Gasteiger partial charge in [-0.15, -0.1) is 11.3 Å². The third-order valence-electron chi connectivity index (χ3n) is 7.43. The smallest absolute Gasteiger partial charge is 0.237 e. The lowest BCUT2D eigenvalue weighted by atomic mass is 9.72. The number of aromatic nitrogens is 3. The standard InChI is InChI=1S/C27H32BrN7O2S/c1-16(20-8-7-11-35(20)5)36-22-13-17(28)12-19(31-22)24-32-26(37-33-24)27(2)10-6-9-21-23(27)18(14-29)25(38-21)30-15-34(3)4/h12-13,15-16,20H,6-11H2,1-5H3/b30-15+/t16-,20?,27-/m0/s1. The molecule has 0 radical (unpaired) electrons. The molecule has 3 aromatic rings. The van der Waals surface area contributed by atoms with Gasteiger partial charge in [0.05, 0.1) is 17.3 Å². The molecule has 1 unspecified atom stereocenters. The van der Waals surface area contributed by atoms with E-state index in [0.29, 0.717) is 34.9 Å². The van der Waals surface area contributed by atoms with E-state index in [1.54, 1.807) is 17.7 Å². The van der Waals surface area contributed by atoms with E-state index in [2.05, 4.69) is 57.9 Å². The number of aliphatic imine (C=N–C) groups is 1. The van der Waals surface area contributed by atoms with Crippen molar-refractivity contribution in [1.29, 1.82) is 5.26 Å². The Kier molecular flexibility index (Phi) is 7.58. The van der Waals surface area contributed by atoms with Gasteiger partial charge in [0.15, 0.2) is 0 Å². The summed E-state index contributed by atoms with van der Waals surface area (Å²) in [6.07, 6.45) is 6.70. The lowest BCUT2D eigenvalue weighted by molar-refractivity contribution is 0.117. The van der Waals surface area contributed by atoms with Gasteiger partial charge in [-0.1, -0.05) is 21.1 Å². The molecule has 0 N–H and O–H groups in total. The summed E-state index contributed by atoms with van der Waals surface area (Å²) in [5.74, 6) is 1.40. The van der Waals surface area contributed by atoms with E-state index in [0.717, 1.165) is 52.1 Å². The van der Waals surface area contributed by atoms with E-state index in [9.17, 15) is 5.26 Å². The maximum atomic E-state index is 10.1. The highest BCUT2D eigenvalue weighted by molar-refractivity contribution is 9.10. The number of hydrogen-bond acceptors (Lipinski definition) is 9. The third-order valence-corrected chi connectivity index (χ3v) is 9.05. The Labute approximate surface area is 235 Å². The zero-order valence-corrected chi connectivity index (χ0v) is 24.8. The molecule has 5 rings (SSSR count). The molecule has 9 nitrogen and oxygen atoms in total. The number of fused-ring (bicyclic) bond motifs is 1. The normalized spacial score (nSPS) is 22.4. The first kappa shape index (κ1) is 26.8. The van der Waals surface area contributed by atoms with Crippen molar-refractivity contribution in [3.63, 3.8) is 0 Å². The molecular weight excluding hydrogens is 566 g/mol. The van der Waals surface area contributed by atoms with Crippen LogP contribution in [0, 0.1) is 11.3 Å². The van der Waals surface area contributed by atoms with Gasteiger partial charge in [-0.2, -0.15) is 10.2 Å². The van der Waals surface area contributed by atoms with E-state index in [1.807, 2.05) is 31.1 Å². The van der Waals surface area contributed by atoms with Gasteiger partial charge in [0, 0.05) is 41.1 Å². The molecular formula is C27H32BrN7O2S. The Balaban J connectivity index is 1.46. The van der Waals surface area contributed by atoms with Crippen molar-refractivity contribution in [2.45, 2.75) is 63.5 Å². The molecule has 0 amide bonds. The summed E-state index contributed by atoms with van der Waals surface area (Å²) in [5.41, 5.74) is 1.53. The molecule has 1 aliphatic heterocycles. The fraction of sp³-hybridized carbons (Fsp3) is 0.519. The molecule has 2 aliphatic rings. The monoisotopic (exact) mass is 597 g/mol. The number of pyridine rings is 1. The quantitative estimate of drug-likeness (QED) is 0.258. The van der Waals surface area contributed by atoms with Crippen molar-refractivity contribution in [2.75, 3.05) is 27.7 Å². The van der Waals surface area contributed by atoms with Crippen molar-refractivity contribution < 1.29 is 9.26 Å². The first-order chi connectivity index (χ1) is 18.2. The van der Waals surface area contributed by atoms with Gasteiger partial charge in [-0.3, -0.25) is 4.90 Å². The van der Waals surface area contributed by atoms with Crippen LogP contribution in [-0.2, 0) is 11.8 Å². The molecule has 4 heterocycles. The number of rotatable bonds is 7. The summed E-state index contributed by atoms with van der Waals surface area (Å²) in [6.45, 7) is 5.26. The SMILES string of the molecule is C[C@H](Oc1cc(Br)cc(-c2noc([C@@]3(C)CCCc4sc(/N=C/N(C)C)c(C#N)c43)n2)n1)C1CCCN1C. The maximum absolute atomic E-state index is 10.1. The van der Waals surface area contributed by atoms with Crippen molar-refractivity contribution >= 4 is 38.6 Å². The Morgan fingerprint density at radius 3 is 2.89 bits per heavy atom. The molecule has 200 valence electrons. The second kappa shape index (κ2) is 10.8. The minimum Gasteiger partial charge on any atom is -0.473 e. The molecule has 1 saturated heterocycles. The number of likely N-dealkylation sites (N-methyl/N-ethyl adjacent to an activating group) is 1. The second-order valence-corrected chi connectivity index (χ2v) is 12.5. The number of nitrogens with zero attached hydrogens (tertiary/aromatic N) is 7. The molecule has 0 aromatic carbocycles. The van der Waals surface area contributed by atoms with Crippen LogP contribution in [0.15, 0.2) is 26.1 Å². The molecule has 0 bridgehead atoms. The number of likely N-dealkylation sites (tertiary alicyclic amines) is 1. The average molecular weight is 599 g/mol. The van der Waals surface area contributed by atoms with E-state index in [-0.39, 0.29) is 6.10 Å². The third kappa shape index (κ3) is 5.09. The van der Waals surface area contributed by atoms with Crippen LogP contribution in [0.4, 0.5) is 5.00 Å². The van der Waals surface area contributed by atoms with Crippen LogP contribution in [0.1, 0.15) is 61.4 Å². The Morgan fingerprint density at radius 2 is 2.18 bits per heavy atom. The lowest BCUT2D eigenvalue weighted by Crippen LogP contribution is -2.38. The zero-order chi connectivity index (χ0) is 27.0. The second-order valence-electron chi connectivity index (χ2n) is 10.5. The Morgan fingerprint density at radius 1 is 1.37 bits per heavy atom. The van der Waals surface area contributed by atoms with Gasteiger partial charge in [0.25, 0.3) is 0 Å². The summed E-state index contributed by atoms with van der Waals surface area (Å²) in [7, 11) is 5.96. The molecule has 0 spiro atoms. The number of nitriles is 1. The molecule has 11 heteroatoms. The summed E-state index contributed by atoms with van der Waals surface area (Å²) < 4.78 is 12.9. The van der Waals surface area contributed by atoms with E-state index < -0.39 is 5.41 Å². The summed E-state index contributed by atoms with van der Waals surface area (Å²) in [5, 5.41) is 15.1. The number of halogens is 1. The van der Waals surface area contributed by atoms with Crippen molar-refractivity contribution in [3.8, 4) is 23.5 Å². The Hall–Kier alpha value is -2.81. The number of hydrogen-bond donors (Lipinski definition) is 0. The fourth-order valence-electron chi connectivity index (χ4n) is 5.53. The van der Waals surface area contributed by atoms with Crippen LogP contribution in [0.5, 0.6) is 5.88 Å². The molecule has 3 atom stereocenters. The van der Waals surface area contributed by atoms with Crippen molar-refractivity contribution in [3.05, 3.63) is 38.5 Å². The summed E-state index contributed by atoms with van der Waals surface area (Å²) in [6, 6.07) is 6.49. The number of aryl methyl sites for hydroxylation is 1. The number of thiophene rings is 1. The highest BCUT2D eigenvalue weighted by Gasteiger charge is 2.43. The van der Waals surface area contributed by atoms with Gasteiger partial charge in [-0.05, 0) is 65.6 Å². The van der Waals surface area contributed by atoms with Crippen molar-refractivity contribution in [1.82, 2.24) is 24.9 Å². The van der Waals surface area contributed by atoms with Gasteiger partial charge >= 0.3 is 0 Å². The fourth-order valence-corrected chi connectivity index (χ4v) is 7.20. The molecule has 0 saturated carbocycles. The Bertz CT molecular complexity index is 1390. The topological polar surface area (TPSA) is 104 Å². The summed E-state index contributed by atoms with van der Waals surface area (Å²) in [4.78, 5) is 19.4. The van der Waals surface area contributed by atoms with Crippen LogP contribution in [-0.4, -0.2) is 71.1 Å². The predicted octanol–water partition coefficient (Wildman–Crippen LogP) is 5.55. The molecule has 1 aliphatic carbocycles. The molecule has 1 fully saturated rings. The van der Waals surface area contributed by atoms with Crippen molar-refractivity contribution in [2.24, 2.45) is 4.99 Å². The van der Waals surface area contributed by atoms with Crippen LogP contribution in [0.2, 0.25) is 0 Å². The van der Waals surface area contributed by atoms with Gasteiger partial charge in [0.1, 0.15) is 22.9 Å². The van der Waals surface area contributed by atoms with Crippen LogP contribution >= 0.6 is 27.3 Å². The highest BCUT2D eigenvalue weighted by Crippen LogP contribution is 2.50. The molecule has 38 heavy (non-hydrogen) atoms. The number of ether oxygens (including phenoxy) is 1.